The van der Waals surface area contributed by atoms with Crippen molar-refractivity contribution in [1.82, 2.24) is 14.5 Å². The molecule has 3 aromatic rings. The van der Waals surface area contributed by atoms with E-state index < -0.39 is 0 Å². The molecule has 1 aliphatic carbocycles. The molecule has 0 bridgehead atoms. The Kier molecular flexibility index (Phi) is 4.94. The number of carbonyl (C=O) groups is 1. The zero-order valence-electron chi connectivity index (χ0n) is 16.8. The van der Waals surface area contributed by atoms with E-state index in [9.17, 15) is 9.59 Å². The first-order valence-corrected chi connectivity index (χ1v) is 11.0. The Morgan fingerprint density at radius 3 is 2.97 bits per heavy atom. The molecule has 1 aromatic carbocycles. The summed E-state index contributed by atoms with van der Waals surface area (Å²) in [7, 11) is 1.77. The molecular weight excluding hydrogens is 402 g/mol. The first kappa shape index (κ1) is 19.1. The molecule has 0 atom stereocenters. The molecule has 7 nitrogen and oxygen atoms in total. The Hall–Kier alpha value is -2.87. The molecule has 30 heavy (non-hydrogen) atoms. The van der Waals surface area contributed by atoms with Crippen LogP contribution in [0.1, 0.15) is 35.3 Å². The van der Waals surface area contributed by atoms with Gasteiger partial charge in [0.15, 0.2) is 11.5 Å². The normalized spacial score (nSPS) is 14.7. The zero-order chi connectivity index (χ0) is 20.7. The quantitative estimate of drug-likeness (QED) is 0.628. The number of hydrogen-bond donors (Lipinski definition) is 0. The number of rotatable bonds is 5. The number of nitrogens with zero attached hydrogens (tertiary/aromatic N) is 3. The lowest BCUT2D eigenvalue weighted by Gasteiger charge is -2.18. The van der Waals surface area contributed by atoms with Crippen molar-refractivity contribution < 1.29 is 14.3 Å². The van der Waals surface area contributed by atoms with Crippen molar-refractivity contribution in [2.24, 2.45) is 0 Å². The van der Waals surface area contributed by atoms with Gasteiger partial charge in [0, 0.05) is 31.4 Å². The van der Waals surface area contributed by atoms with Crippen LogP contribution < -0.4 is 15.0 Å². The lowest BCUT2D eigenvalue weighted by atomic mass is 9.97. The van der Waals surface area contributed by atoms with Crippen molar-refractivity contribution in [3.05, 3.63) is 50.9 Å². The number of benzene rings is 1. The topological polar surface area (TPSA) is 73.7 Å². The van der Waals surface area contributed by atoms with Gasteiger partial charge in [-0.2, -0.15) is 0 Å². The molecule has 0 saturated heterocycles. The summed E-state index contributed by atoms with van der Waals surface area (Å²) >= 11 is 1.64. The molecule has 0 fully saturated rings. The first-order chi connectivity index (χ1) is 14.6. The van der Waals surface area contributed by atoms with Crippen molar-refractivity contribution in [2.45, 2.75) is 45.2 Å². The summed E-state index contributed by atoms with van der Waals surface area (Å²) in [5.74, 6) is 1.41. The second-order valence-electron chi connectivity index (χ2n) is 7.82. The Morgan fingerprint density at radius 1 is 1.23 bits per heavy atom. The summed E-state index contributed by atoms with van der Waals surface area (Å²) in [5, 5.41) is 0.762. The summed E-state index contributed by atoms with van der Waals surface area (Å²) in [6.45, 7) is 1.03. The monoisotopic (exact) mass is 425 g/mol. The van der Waals surface area contributed by atoms with Gasteiger partial charge in [-0.15, -0.1) is 11.3 Å². The average Bonchev–Trinajstić information content (AvgIpc) is 3.37. The number of hydrogen-bond acceptors (Lipinski definition) is 6. The number of fused-ring (bicyclic) bond motifs is 4. The third-order valence-corrected chi connectivity index (χ3v) is 6.99. The van der Waals surface area contributed by atoms with E-state index in [0.717, 1.165) is 40.8 Å². The van der Waals surface area contributed by atoms with Crippen LogP contribution in [-0.4, -0.2) is 34.2 Å². The predicted molar refractivity (Wildman–Crippen MR) is 114 cm³/mol. The van der Waals surface area contributed by atoms with E-state index in [-0.39, 0.29) is 24.7 Å². The number of aryl methyl sites for hydroxylation is 3. The van der Waals surface area contributed by atoms with Gasteiger partial charge in [0.1, 0.15) is 4.83 Å². The van der Waals surface area contributed by atoms with Crippen LogP contribution in [0.15, 0.2) is 29.3 Å². The molecule has 8 heteroatoms. The van der Waals surface area contributed by atoms with Gasteiger partial charge in [0.05, 0.1) is 11.7 Å². The standard InChI is InChI=1S/C22H23N3O4S/c1-24(11-14-6-7-16-17(10-14)29-13-28-16)19(26)8-9-25-12-23-21-20(22(25)27)15-4-2-3-5-18(15)30-21/h6-7,10,12H,2-5,8-9,11,13H2,1H3. The van der Waals surface area contributed by atoms with Crippen molar-refractivity contribution in [2.75, 3.05) is 13.8 Å². The fourth-order valence-corrected chi connectivity index (χ4v) is 5.37. The Morgan fingerprint density at radius 2 is 2.07 bits per heavy atom. The maximum Gasteiger partial charge on any atom is 0.262 e. The largest absolute Gasteiger partial charge is 0.454 e. The van der Waals surface area contributed by atoms with Crippen molar-refractivity contribution in [1.29, 1.82) is 0 Å². The summed E-state index contributed by atoms with van der Waals surface area (Å²) in [6.07, 6.45) is 6.12. The van der Waals surface area contributed by atoms with Gasteiger partial charge in [0.25, 0.3) is 5.56 Å². The number of thiophene rings is 1. The minimum Gasteiger partial charge on any atom is -0.454 e. The van der Waals surface area contributed by atoms with E-state index in [2.05, 4.69) is 4.98 Å². The minimum atomic E-state index is -0.0226. The van der Waals surface area contributed by atoms with Crippen LogP contribution in [0.5, 0.6) is 11.5 Å². The van der Waals surface area contributed by atoms with Crippen molar-refractivity contribution in [3.8, 4) is 11.5 Å². The van der Waals surface area contributed by atoms with E-state index in [1.54, 1.807) is 34.2 Å². The zero-order valence-corrected chi connectivity index (χ0v) is 17.7. The van der Waals surface area contributed by atoms with Gasteiger partial charge in [-0.25, -0.2) is 4.98 Å². The SMILES string of the molecule is CN(Cc1ccc2c(c1)OCO2)C(=O)CCn1cnc2sc3c(c2c1=O)CCCC3. The highest BCUT2D eigenvalue weighted by Crippen LogP contribution is 2.34. The summed E-state index contributed by atoms with van der Waals surface area (Å²) in [6, 6.07) is 5.69. The average molecular weight is 426 g/mol. The summed E-state index contributed by atoms with van der Waals surface area (Å²) in [4.78, 5) is 34.0. The smallest absolute Gasteiger partial charge is 0.262 e. The van der Waals surface area contributed by atoms with E-state index in [4.69, 9.17) is 9.47 Å². The molecule has 0 saturated carbocycles. The van der Waals surface area contributed by atoms with Crippen LogP contribution in [-0.2, 0) is 30.7 Å². The minimum absolute atomic E-state index is 0.0213. The van der Waals surface area contributed by atoms with Crippen LogP contribution in [0.3, 0.4) is 0 Å². The molecule has 0 spiro atoms. The Bertz CT molecular complexity index is 1180. The van der Waals surface area contributed by atoms with Crippen LogP contribution in [0, 0.1) is 0 Å². The van der Waals surface area contributed by atoms with Crippen LogP contribution >= 0.6 is 11.3 Å². The number of ether oxygens (including phenoxy) is 2. The second-order valence-corrected chi connectivity index (χ2v) is 8.91. The molecule has 3 heterocycles. The summed E-state index contributed by atoms with van der Waals surface area (Å²) in [5.41, 5.74) is 2.13. The van der Waals surface area contributed by atoms with E-state index in [1.807, 2.05) is 18.2 Å². The van der Waals surface area contributed by atoms with Gasteiger partial charge in [-0.05, 0) is 48.9 Å². The first-order valence-electron chi connectivity index (χ1n) is 10.2. The van der Waals surface area contributed by atoms with E-state index in [1.165, 1.54) is 16.9 Å². The maximum atomic E-state index is 13.0. The highest BCUT2D eigenvalue weighted by Gasteiger charge is 2.20. The Balaban J connectivity index is 1.27. The van der Waals surface area contributed by atoms with Crippen molar-refractivity contribution in [3.63, 3.8) is 0 Å². The molecule has 1 aliphatic heterocycles. The molecule has 0 N–H and O–H groups in total. The lowest BCUT2D eigenvalue weighted by molar-refractivity contribution is -0.130. The highest BCUT2D eigenvalue weighted by atomic mass is 32.1. The van der Waals surface area contributed by atoms with Gasteiger partial charge in [0.2, 0.25) is 12.7 Å². The fraction of sp³-hybridized carbons (Fsp3) is 0.409. The van der Waals surface area contributed by atoms with Crippen LogP contribution in [0.4, 0.5) is 0 Å². The van der Waals surface area contributed by atoms with Gasteiger partial charge in [-0.3, -0.25) is 14.2 Å². The van der Waals surface area contributed by atoms with Gasteiger partial charge in [-0.1, -0.05) is 6.07 Å². The van der Waals surface area contributed by atoms with Crippen LogP contribution in [0.25, 0.3) is 10.2 Å². The fourth-order valence-electron chi connectivity index (χ4n) is 4.15. The highest BCUT2D eigenvalue weighted by molar-refractivity contribution is 7.18. The molecular formula is C22H23N3O4S. The van der Waals surface area contributed by atoms with E-state index >= 15 is 0 Å². The number of aromatic nitrogens is 2. The van der Waals surface area contributed by atoms with Gasteiger partial charge >= 0.3 is 0 Å². The molecule has 2 aliphatic rings. The number of carbonyl (C=O) groups excluding carboxylic acids is 1. The van der Waals surface area contributed by atoms with Crippen molar-refractivity contribution >= 4 is 27.5 Å². The second kappa shape index (κ2) is 7.75. The third-order valence-electron chi connectivity index (χ3n) is 5.79. The third kappa shape index (κ3) is 3.45. The van der Waals surface area contributed by atoms with Crippen LogP contribution in [0.2, 0.25) is 0 Å². The molecule has 0 radical (unpaired) electrons. The molecule has 1 amide bonds. The predicted octanol–water partition coefficient (Wildman–Crippen LogP) is 3.11. The molecule has 5 rings (SSSR count). The maximum absolute atomic E-state index is 13.0. The number of amides is 1. The molecule has 0 unspecified atom stereocenters. The molecule has 156 valence electrons. The van der Waals surface area contributed by atoms with E-state index in [0.29, 0.717) is 18.8 Å². The molecule has 2 aromatic heterocycles. The summed E-state index contributed by atoms with van der Waals surface area (Å²) < 4.78 is 12.3. The van der Waals surface area contributed by atoms with Gasteiger partial charge < -0.3 is 14.4 Å². The lowest BCUT2D eigenvalue weighted by Crippen LogP contribution is -2.29. The Labute approximate surface area is 177 Å².